The number of carbonyl (C=O) groups is 2. The fourth-order valence-corrected chi connectivity index (χ4v) is 2.75. The lowest BCUT2D eigenvalue weighted by Crippen LogP contribution is -2.54. The van der Waals surface area contributed by atoms with Gasteiger partial charge in [0.15, 0.2) is 0 Å². The number of carboxylic acids is 1. The number of aliphatic hydroxyl groups excluding tert-OH is 1. The molecule has 1 unspecified atom stereocenters. The summed E-state index contributed by atoms with van der Waals surface area (Å²) in [4.78, 5) is 23.6. The second kappa shape index (κ2) is 6.57. The van der Waals surface area contributed by atoms with Crippen molar-refractivity contribution in [1.29, 1.82) is 0 Å². The number of aliphatic carboxylic acids is 1. The van der Waals surface area contributed by atoms with Crippen LogP contribution in [0.1, 0.15) is 59.3 Å². The average molecular weight is 285 g/mol. The van der Waals surface area contributed by atoms with Crippen LogP contribution in [0.4, 0.5) is 0 Å². The Morgan fingerprint density at radius 3 is 2.20 bits per heavy atom. The van der Waals surface area contributed by atoms with Gasteiger partial charge in [-0.25, -0.2) is 0 Å². The number of amides is 1. The smallest absolute Gasteiger partial charge is 0.310 e. The van der Waals surface area contributed by atoms with Crippen molar-refractivity contribution < 1.29 is 19.8 Å². The quantitative estimate of drug-likeness (QED) is 0.696. The second-order valence-electron chi connectivity index (χ2n) is 6.60. The van der Waals surface area contributed by atoms with Crippen LogP contribution in [0.3, 0.4) is 0 Å². The lowest BCUT2D eigenvalue weighted by molar-refractivity contribution is -0.154. The van der Waals surface area contributed by atoms with Crippen LogP contribution in [0.15, 0.2) is 0 Å². The summed E-state index contributed by atoms with van der Waals surface area (Å²) in [7, 11) is 0. The maximum absolute atomic E-state index is 12.2. The Morgan fingerprint density at radius 1 is 1.25 bits per heavy atom. The van der Waals surface area contributed by atoms with E-state index in [0.29, 0.717) is 0 Å². The Hall–Kier alpha value is -1.10. The third kappa shape index (κ3) is 3.72. The molecule has 0 aromatic heterocycles. The van der Waals surface area contributed by atoms with Gasteiger partial charge in [-0.1, -0.05) is 33.1 Å². The molecular formula is C15H27NO4. The van der Waals surface area contributed by atoms with Crippen LogP contribution in [0, 0.1) is 11.3 Å². The molecule has 1 fully saturated rings. The third-order valence-electron chi connectivity index (χ3n) is 4.81. The predicted molar refractivity (Wildman–Crippen MR) is 76.2 cm³/mol. The number of aliphatic hydroxyl groups is 1. The summed E-state index contributed by atoms with van der Waals surface area (Å²) in [5.74, 6) is -1.37. The number of hydrogen-bond acceptors (Lipinski definition) is 3. The minimum absolute atomic E-state index is 0.0538. The molecule has 0 saturated heterocycles. The molecule has 20 heavy (non-hydrogen) atoms. The Balaban J connectivity index is 2.72. The van der Waals surface area contributed by atoms with Crippen molar-refractivity contribution >= 4 is 11.9 Å². The largest absolute Gasteiger partial charge is 0.481 e. The molecule has 5 heteroatoms. The van der Waals surface area contributed by atoms with Crippen LogP contribution < -0.4 is 5.32 Å². The molecule has 1 aliphatic rings. The van der Waals surface area contributed by atoms with E-state index in [4.69, 9.17) is 0 Å². The van der Waals surface area contributed by atoms with Gasteiger partial charge in [-0.3, -0.25) is 9.59 Å². The lowest BCUT2D eigenvalue weighted by atomic mass is 9.75. The summed E-state index contributed by atoms with van der Waals surface area (Å²) in [6, 6.07) is 0. The molecule has 3 N–H and O–H groups in total. The van der Waals surface area contributed by atoms with Gasteiger partial charge in [-0.15, -0.1) is 0 Å². The molecule has 0 aromatic rings. The van der Waals surface area contributed by atoms with Crippen molar-refractivity contribution in [3.05, 3.63) is 0 Å². The molecule has 0 bridgehead atoms. The molecule has 1 saturated carbocycles. The second-order valence-corrected chi connectivity index (χ2v) is 6.60. The average Bonchev–Trinajstić information content (AvgIpc) is 2.38. The van der Waals surface area contributed by atoms with Crippen molar-refractivity contribution in [2.75, 3.05) is 6.61 Å². The fraction of sp³-hybridized carbons (Fsp3) is 0.867. The molecule has 1 rings (SSSR count). The maximum atomic E-state index is 12.2. The highest BCUT2D eigenvalue weighted by Gasteiger charge is 2.41. The van der Waals surface area contributed by atoms with E-state index in [0.717, 1.165) is 32.1 Å². The number of rotatable bonds is 6. The predicted octanol–water partition coefficient (Wildman–Crippen LogP) is 1.93. The van der Waals surface area contributed by atoms with Gasteiger partial charge in [0.2, 0.25) is 5.91 Å². The van der Waals surface area contributed by atoms with Gasteiger partial charge in [-0.2, -0.15) is 0 Å². The molecule has 1 aliphatic carbocycles. The Bertz CT molecular complexity index is 361. The highest BCUT2D eigenvalue weighted by molar-refractivity contribution is 5.85. The van der Waals surface area contributed by atoms with E-state index in [-0.39, 0.29) is 24.9 Å². The Labute approximate surface area is 120 Å². The molecule has 0 heterocycles. The summed E-state index contributed by atoms with van der Waals surface area (Å²) >= 11 is 0. The van der Waals surface area contributed by atoms with Crippen molar-refractivity contribution in [1.82, 2.24) is 5.32 Å². The van der Waals surface area contributed by atoms with E-state index in [1.54, 1.807) is 6.92 Å². The zero-order valence-electron chi connectivity index (χ0n) is 12.7. The molecule has 1 atom stereocenters. The first-order valence-electron chi connectivity index (χ1n) is 7.41. The van der Waals surface area contributed by atoms with Crippen molar-refractivity contribution in [2.24, 2.45) is 11.3 Å². The lowest BCUT2D eigenvalue weighted by Gasteiger charge is -2.38. The van der Waals surface area contributed by atoms with Crippen LogP contribution in [0.2, 0.25) is 0 Å². The minimum atomic E-state index is -1.07. The summed E-state index contributed by atoms with van der Waals surface area (Å²) in [5.41, 5.74) is -1.62. The molecule has 0 spiro atoms. The van der Waals surface area contributed by atoms with E-state index in [1.165, 1.54) is 0 Å². The first-order valence-corrected chi connectivity index (χ1v) is 7.41. The van der Waals surface area contributed by atoms with E-state index in [2.05, 4.69) is 5.32 Å². The Morgan fingerprint density at radius 2 is 1.80 bits per heavy atom. The normalized spacial score (nSPS) is 21.2. The molecule has 116 valence electrons. The SMILES string of the molecule is CC(C)C(C)(CC(=O)NC1(CO)CCCCC1)C(=O)O. The molecule has 0 aliphatic heterocycles. The molecule has 1 amide bonds. The summed E-state index contributed by atoms with van der Waals surface area (Å²) in [6.45, 7) is 5.14. The highest BCUT2D eigenvalue weighted by Crippen LogP contribution is 2.33. The van der Waals surface area contributed by atoms with E-state index >= 15 is 0 Å². The van der Waals surface area contributed by atoms with Gasteiger partial charge in [0.25, 0.3) is 0 Å². The highest BCUT2D eigenvalue weighted by atomic mass is 16.4. The first-order chi connectivity index (χ1) is 9.26. The molecule has 5 nitrogen and oxygen atoms in total. The minimum Gasteiger partial charge on any atom is -0.481 e. The summed E-state index contributed by atoms with van der Waals surface area (Å²) < 4.78 is 0. The molecular weight excluding hydrogens is 258 g/mol. The van der Waals surface area contributed by atoms with Crippen LogP contribution >= 0.6 is 0 Å². The standard InChI is InChI=1S/C15H27NO4/c1-11(2)14(3,13(19)20)9-12(18)16-15(10-17)7-5-4-6-8-15/h11,17H,4-10H2,1-3H3,(H,16,18)(H,19,20). The summed E-state index contributed by atoms with van der Waals surface area (Å²) in [6.07, 6.45) is 4.57. The molecule has 0 radical (unpaired) electrons. The van der Waals surface area contributed by atoms with E-state index < -0.39 is 16.9 Å². The zero-order chi connectivity index (χ0) is 15.4. The first kappa shape index (κ1) is 17.0. The Kier molecular flexibility index (Phi) is 5.57. The van der Waals surface area contributed by atoms with Gasteiger partial charge in [-0.05, 0) is 25.7 Å². The number of carboxylic acid groups (broad SMARTS) is 1. The van der Waals surface area contributed by atoms with Crippen molar-refractivity contribution in [3.63, 3.8) is 0 Å². The van der Waals surface area contributed by atoms with Crippen LogP contribution in [0.25, 0.3) is 0 Å². The van der Waals surface area contributed by atoms with Crippen molar-refractivity contribution in [3.8, 4) is 0 Å². The van der Waals surface area contributed by atoms with Gasteiger partial charge in [0, 0.05) is 6.42 Å². The van der Waals surface area contributed by atoms with Crippen LogP contribution in [-0.2, 0) is 9.59 Å². The number of hydrogen-bond donors (Lipinski definition) is 3. The fourth-order valence-electron chi connectivity index (χ4n) is 2.75. The van der Waals surface area contributed by atoms with Gasteiger partial charge in [0.1, 0.15) is 0 Å². The third-order valence-corrected chi connectivity index (χ3v) is 4.81. The topological polar surface area (TPSA) is 86.6 Å². The van der Waals surface area contributed by atoms with Crippen LogP contribution in [-0.4, -0.2) is 34.2 Å². The summed E-state index contributed by atoms with van der Waals surface area (Å²) in [5, 5.41) is 21.8. The maximum Gasteiger partial charge on any atom is 0.310 e. The van der Waals surface area contributed by atoms with E-state index in [9.17, 15) is 19.8 Å². The number of carbonyl (C=O) groups excluding carboxylic acids is 1. The van der Waals surface area contributed by atoms with Crippen molar-refractivity contribution in [2.45, 2.75) is 64.8 Å². The zero-order valence-corrected chi connectivity index (χ0v) is 12.7. The van der Waals surface area contributed by atoms with Gasteiger partial charge in [0.05, 0.1) is 17.6 Å². The molecule has 0 aromatic carbocycles. The van der Waals surface area contributed by atoms with E-state index in [1.807, 2.05) is 13.8 Å². The van der Waals surface area contributed by atoms with Gasteiger partial charge < -0.3 is 15.5 Å². The number of nitrogens with one attached hydrogen (secondary N) is 1. The monoisotopic (exact) mass is 285 g/mol. The van der Waals surface area contributed by atoms with Crippen LogP contribution in [0.5, 0.6) is 0 Å². The van der Waals surface area contributed by atoms with Gasteiger partial charge >= 0.3 is 5.97 Å².